The zero-order chi connectivity index (χ0) is 15.6. The molecule has 0 saturated carbocycles. The Morgan fingerprint density at radius 1 is 1.09 bits per heavy atom. The van der Waals surface area contributed by atoms with E-state index in [1.807, 2.05) is 25.1 Å². The van der Waals surface area contributed by atoms with Crippen molar-refractivity contribution in [1.29, 1.82) is 5.26 Å². The van der Waals surface area contributed by atoms with Gasteiger partial charge in [0.2, 0.25) is 0 Å². The van der Waals surface area contributed by atoms with Crippen molar-refractivity contribution in [3.63, 3.8) is 0 Å². The second-order valence-corrected chi connectivity index (χ2v) is 6.02. The number of hydrogen-bond acceptors (Lipinski definition) is 4. The van der Waals surface area contributed by atoms with Crippen molar-refractivity contribution in [1.82, 2.24) is 10.2 Å². The van der Waals surface area contributed by atoms with Crippen LogP contribution in [0.1, 0.15) is 29.7 Å². The maximum absolute atomic E-state index is 9.74. The molecule has 3 rings (SSSR count). The lowest BCUT2D eigenvalue weighted by Gasteiger charge is -2.38. The highest BCUT2D eigenvalue weighted by atomic mass is 15.3. The Bertz CT molecular complexity index is 695. The number of aromatic nitrogens is 2. The molecule has 1 aromatic carbocycles. The quantitative estimate of drug-likeness (QED) is 0.853. The molecule has 2 heterocycles. The number of nitrogens with zero attached hydrogens (tertiary/aromatic N) is 4. The molecule has 1 aliphatic heterocycles. The summed E-state index contributed by atoms with van der Waals surface area (Å²) in [5.41, 5.74) is 2.88. The first kappa shape index (κ1) is 14.5. The molecular formula is C18H20N4. The van der Waals surface area contributed by atoms with Gasteiger partial charge < -0.3 is 4.90 Å². The number of nitriles is 1. The predicted octanol–water partition coefficient (Wildman–Crippen LogP) is 3.16. The maximum Gasteiger partial charge on any atom is 0.151 e. The van der Waals surface area contributed by atoms with Crippen molar-refractivity contribution in [2.45, 2.75) is 32.1 Å². The molecule has 0 bridgehead atoms. The van der Waals surface area contributed by atoms with Gasteiger partial charge in [-0.15, -0.1) is 5.10 Å². The number of anilines is 1. The number of aryl methyl sites for hydroxylation is 2. The summed E-state index contributed by atoms with van der Waals surface area (Å²) in [5.74, 6) is 0.919. The van der Waals surface area contributed by atoms with Crippen molar-refractivity contribution in [2.75, 3.05) is 18.0 Å². The van der Waals surface area contributed by atoms with Crippen LogP contribution in [0.3, 0.4) is 0 Å². The zero-order valence-electron chi connectivity index (χ0n) is 13.1. The Kier molecular flexibility index (Phi) is 3.81. The number of piperidine rings is 1. The van der Waals surface area contributed by atoms with Crippen LogP contribution in [0, 0.1) is 25.2 Å². The highest BCUT2D eigenvalue weighted by molar-refractivity contribution is 5.43. The number of hydrogen-bond donors (Lipinski definition) is 0. The fourth-order valence-electron chi connectivity index (χ4n) is 3.03. The van der Waals surface area contributed by atoms with Crippen molar-refractivity contribution in [3.8, 4) is 6.07 Å². The lowest BCUT2D eigenvalue weighted by atomic mass is 9.74. The van der Waals surface area contributed by atoms with Crippen LogP contribution in [0.4, 0.5) is 5.82 Å². The van der Waals surface area contributed by atoms with Crippen molar-refractivity contribution in [2.24, 2.45) is 0 Å². The van der Waals surface area contributed by atoms with E-state index >= 15 is 0 Å². The largest absolute Gasteiger partial charge is 0.355 e. The Balaban J connectivity index is 1.79. The van der Waals surface area contributed by atoms with Crippen LogP contribution >= 0.6 is 0 Å². The normalized spacial score (nSPS) is 17.0. The molecular weight excluding hydrogens is 272 g/mol. The number of rotatable bonds is 2. The molecule has 0 radical (unpaired) electrons. The first-order chi connectivity index (χ1) is 10.6. The van der Waals surface area contributed by atoms with Crippen LogP contribution in [0.2, 0.25) is 0 Å². The standard InChI is InChI=1S/C18H20N4/c1-14-12-17(21-20-15(14)2)22-10-8-18(13-19,9-11-22)16-6-4-3-5-7-16/h3-7,12H,8-11H2,1-2H3. The van der Waals surface area contributed by atoms with Gasteiger partial charge in [-0.1, -0.05) is 30.3 Å². The van der Waals surface area contributed by atoms with Gasteiger partial charge in [0.1, 0.15) is 0 Å². The molecule has 0 spiro atoms. The summed E-state index contributed by atoms with van der Waals surface area (Å²) in [6.45, 7) is 5.69. The summed E-state index contributed by atoms with van der Waals surface area (Å²) in [6.07, 6.45) is 1.64. The lowest BCUT2D eigenvalue weighted by Crippen LogP contribution is -2.42. The summed E-state index contributed by atoms with van der Waals surface area (Å²) >= 11 is 0. The van der Waals surface area contributed by atoms with Gasteiger partial charge in [0.05, 0.1) is 17.2 Å². The molecule has 0 N–H and O–H groups in total. The van der Waals surface area contributed by atoms with Crippen LogP contribution in [0.25, 0.3) is 0 Å². The summed E-state index contributed by atoms with van der Waals surface area (Å²) in [7, 11) is 0. The average molecular weight is 292 g/mol. The van der Waals surface area contributed by atoms with Crippen LogP contribution in [0.5, 0.6) is 0 Å². The van der Waals surface area contributed by atoms with Gasteiger partial charge in [0.25, 0.3) is 0 Å². The summed E-state index contributed by atoms with van der Waals surface area (Å²) in [4.78, 5) is 2.23. The van der Waals surface area contributed by atoms with Gasteiger partial charge in [-0.05, 0) is 43.9 Å². The summed E-state index contributed by atoms with van der Waals surface area (Å²) in [5, 5.41) is 18.2. The number of benzene rings is 1. The van der Waals surface area contributed by atoms with Gasteiger partial charge in [0.15, 0.2) is 5.82 Å². The Morgan fingerprint density at radius 3 is 2.36 bits per heavy atom. The SMILES string of the molecule is Cc1cc(N2CCC(C#N)(c3ccccc3)CC2)nnc1C. The second kappa shape index (κ2) is 5.76. The van der Waals surface area contributed by atoms with Crippen LogP contribution in [-0.4, -0.2) is 23.3 Å². The third-order valence-electron chi connectivity index (χ3n) is 4.70. The van der Waals surface area contributed by atoms with E-state index in [0.717, 1.165) is 48.6 Å². The average Bonchev–Trinajstić information content (AvgIpc) is 2.58. The fraction of sp³-hybridized carbons (Fsp3) is 0.389. The Morgan fingerprint density at radius 2 is 1.77 bits per heavy atom. The molecule has 4 heteroatoms. The molecule has 112 valence electrons. The van der Waals surface area contributed by atoms with Gasteiger partial charge >= 0.3 is 0 Å². The van der Waals surface area contributed by atoms with Crippen molar-refractivity contribution >= 4 is 5.82 Å². The van der Waals surface area contributed by atoms with Gasteiger partial charge in [-0.25, -0.2) is 0 Å². The van der Waals surface area contributed by atoms with Crippen LogP contribution in [0.15, 0.2) is 36.4 Å². The first-order valence-corrected chi connectivity index (χ1v) is 7.67. The van der Waals surface area contributed by atoms with Gasteiger partial charge in [0, 0.05) is 13.1 Å². The Labute approximate surface area is 131 Å². The van der Waals surface area contributed by atoms with E-state index in [0.29, 0.717) is 0 Å². The van der Waals surface area contributed by atoms with Gasteiger partial charge in [-0.2, -0.15) is 10.4 Å². The van der Waals surface area contributed by atoms with Crippen LogP contribution in [-0.2, 0) is 5.41 Å². The molecule has 1 saturated heterocycles. The highest BCUT2D eigenvalue weighted by Crippen LogP contribution is 2.35. The minimum atomic E-state index is -0.370. The zero-order valence-corrected chi connectivity index (χ0v) is 13.1. The van der Waals surface area contributed by atoms with E-state index in [1.165, 1.54) is 0 Å². The molecule has 1 fully saturated rings. The molecule has 1 aliphatic rings. The summed E-state index contributed by atoms with van der Waals surface area (Å²) in [6, 6.07) is 14.8. The monoisotopic (exact) mass is 292 g/mol. The van der Waals surface area contributed by atoms with E-state index in [-0.39, 0.29) is 5.41 Å². The minimum Gasteiger partial charge on any atom is -0.355 e. The maximum atomic E-state index is 9.74. The first-order valence-electron chi connectivity index (χ1n) is 7.67. The van der Waals surface area contributed by atoms with Gasteiger partial charge in [-0.3, -0.25) is 0 Å². The molecule has 0 atom stereocenters. The minimum absolute atomic E-state index is 0.370. The molecule has 4 nitrogen and oxygen atoms in total. The van der Waals surface area contributed by atoms with Crippen molar-refractivity contribution < 1.29 is 0 Å². The molecule has 0 unspecified atom stereocenters. The highest BCUT2D eigenvalue weighted by Gasteiger charge is 2.36. The van der Waals surface area contributed by atoms with Crippen LogP contribution < -0.4 is 4.90 Å². The third-order valence-corrected chi connectivity index (χ3v) is 4.70. The Hall–Kier alpha value is -2.41. The van der Waals surface area contributed by atoms with E-state index < -0.39 is 0 Å². The summed E-state index contributed by atoms with van der Waals surface area (Å²) < 4.78 is 0. The molecule has 0 aliphatic carbocycles. The molecule has 22 heavy (non-hydrogen) atoms. The predicted molar refractivity (Wildman–Crippen MR) is 86.7 cm³/mol. The fourth-order valence-corrected chi connectivity index (χ4v) is 3.03. The molecule has 0 amide bonds. The van der Waals surface area contributed by atoms with E-state index in [9.17, 15) is 5.26 Å². The molecule has 1 aromatic heterocycles. The van der Waals surface area contributed by atoms with E-state index in [4.69, 9.17) is 0 Å². The van der Waals surface area contributed by atoms with E-state index in [2.05, 4.69) is 46.3 Å². The molecule has 2 aromatic rings. The topological polar surface area (TPSA) is 52.8 Å². The smallest absolute Gasteiger partial charge is 0.151 e. The lowest BCUT2D eigenvalue weighted by molar-refractivity contribution is 0.413. The van der Waals surface area contributed by atoms with Crippen molar-refractivity contribution in [3.05, 3.63) is 53.2 Å². The third kappa shape index (κ3) is 2.55. The second-order valence-electron chi connectivity index (χ2n) is 6.02. The van der Waals surface area contributed by atoms with E-state index in [1.54, 1.807) is 0 Å².